The number of esters is 1. The van der Waals surface area contributed by atoms with Gasteiger partial charge in [0.25, 0.3) is 0 Å². The first-order chi connectivity index (χ1) is 17.4. The van der Waals surface area contributed by atoms with Crippen molar-refractivity contribution in [3.63, 3.8) is 0 Å². The Hall–Kier alpha value is 0.430. The highest BCUT2D eigenvalue weighted by Crippen LogP contribution is 2.71. The van der Waals surface area contributed by atoms with Gasteiger partial charge < -0.3 is 4.74 Å². The minimum Gasteiger partial charge on any atom is -0.462 e. The average Bonchev–Trinajstić information content (AvgIpc) is 3.18. The van der Waals surface area contributed by atoms with Crippen molar-refractivity contribution in [2.24, 2.45) is 52.3 Å². The Morgan fingerprint density at radius 1 is 1.00 bits per heavy atom. The van der Waals surface area contributed by atoms with E-state index in [4.69, 9.17) is 4.74 Å². The quantitative estimate of drug-likeness (QED) is 0.184. The van der Waals surface area contributed by atoms with Crippen LogP contribution in [0.15, 0.2) is 0 Å². The summed E-state index contributed by atoms with van der Waals surface area (Å²) in [4.78, 5) is 13.1. The Morgan fingerprint density at radius 2 is 1.73 bits per heavy atom. The van der Waals surface area contributed by atoms with Crippen molar-refractivity contribution in [1.29, 1.82) is 0 Å². The molecule has 214 valence electrons. The molecule has 4 rings (SSSR count). The van der Waals surface area contributed by atoms with Crippen LogP contribution in [0.25, 0.3) is 0 Å². The topological polar surface area (TPSA) is 26.3 Å². The molecule has 4 aliphatic rings. The first-order valence-corrected chi connectivity index (χ1v) is 17.6. The maximum atomic E-state index is 12.6. The van der Waals surface area contributed by atoms with Crippen LogP contribution in [0.5, 0.6) is 0 Å². The maximum absolute atomic E-state index is 12.6. The van der Waals surface area contributed by atoms with E-state index in [9.17, 15) is 4.79 Å². The number of fused-ring (bicyclic) bond motifs is 5. The largest absolute Gasteiger partial charge is 0.462 e. The molecule has 0 heterocycles. The number of hydrogen-bond donors (Lipinski definition) is 0. The lowest BCUT2D eigenvalue weighted by Crippen LogP contribution is -2.64. The highest BCUT2D eigenvalue weighted by molar-refractivity contribution is 9.12. The standard InChI is InChI=1S/C33H56Br2O2/c1-8-22(4)18-30(36)37-24-14-17-32(7)28-15-16-31(6)26(23(5)11-9-10-21(2)3)12-13-27(31)25(28)19-29(34)33(32,35)20-24/h21-29H,8-20H2,1-7H3/t22-,23+,24-,25+,26-,27+,28+,29-,31-,32-,33+/m1/s1. The fourth-order valence-electron chi connectivity index (χ4n) is 9.94. The summed E-state index contributed by atoms with van der Waals surface area (Å²) in [7, 11) is 0. The summed E-state index contributed by atoms with van der Waals surface area (Å²) in [5.41, 5.74) is 0.780. The Bertz CT molecular complexity index is 799. The van der Waals surface area contributed by atoms with E-state index in [1.165, 1.54) is 57.8 Å². The third kappa shape index (κ3) is 5.65. The fraction of sp³-hybridized carbons (Fsp3) is 0.970. The van der Waals surface area contributed by atoms with Crippen molar-refractivity contribution in [2.75, 3.05) is 0 Å². The van der Waals surface area contributed by atoms with E-state index >= 15 is 0 Å². The van der Waals surface area contributed by atoms with E-state index in [0.717, 1.165) is 54.8 Å². The van der Waals surface area contributed by atoms with Crippen molar-refractivity contribution >= 4 is 37.8 Å². The van der Waals surface area contributed by atoms with Crippen molar-refractivity contribution < 1.29 is 9.53 Å². The van der Waals surface area contributed by atoms with Crippen LogP contribution in [0.3, 0.4) is 0 Å². The number of rotatable bonds is 9. The van der Waals surface area contributed by atoms with Gasteiger partial charge in [0.2, 0.25) is 0 Å². The van der Waals surface area contributed by atoms with Crippen molar-refractivity contribution in [3.8, 4) is 0 Å². The predicted octanol–water partition coefficient (Wildman–Crippen LogP) is 10.3. The zero-order valence-electron chi connectivity index (χ0n) is 25.0. The molecular formula is C33H56Br2O2. The lowest BCUT2D eigenvalue weighted by atomic mass is 9.44. The summed E-state index contributed by atoms with van der Waals surface area (Å²) in [6, 6.07) is 0. The van der Waals surface area contributed by atoms with Crippen LogP contribution < -0.4 is 0 Å². The van der Waals surface area contributed by atoms with Gasteiger partial charge in [0.15, 0.2) is 0 Å². The molecular weight excluding hydrogens is 588 g/mol. The van der Waals surface area contributed by atoms with Gasteiger partial charge >= 0.3 is 5.97 Å². The molecule has 2 nitrogen and oxygen atoms in total. The lowest BCUT2D eigenvalue weighted by molar-refractivity contribution is -0.159. The molecule has 0 amide bonds. The maximum Gasteiger partial charge on any atom is 0.306 e. The highest BCUT2D eigenvalue weighted by atomic mass is 79.9. The van der Waals surface area contributed by atoms with Crippen LogP contribution in [0.1, 0.15) is 132 Å². The number of carbonyl (C=O) groups excluding carboxylic acids is 1. The number of ether oxygens (including phenoxy) is 1. The minimum atomic E-state index is 0.00630. The van der Waals surface area contributed by atoms with Gasteiger partial charge in [-0.25, -0.2) is 0 Å². The van der Waals surface area contributed by atoms with Gasteiger partial charge in [-0.05, 0) is 97.2 Å². The fourth-order valence-corrected chi connectivity index (χ4v) is 12.1. The highest BCUT2D eigenvalue weighted by Gasteiger charge is 2.67. The third-order valence-electron chi connectivity index (χ3n) is 12.4. The minimum absolute atomic E-state index is 0.00630. The van der Waals surface area contributed by atoms with Crippen molar-refractivity contribution in [1.82, 2.24) is 0 Å². The second kappa shape index (κ2) is 11.7. The third-order valence-corrected chi connectivity index (χ3v) is 16.0. The van der Waals surface area contributed by atoms with E-state index in [2.05, 4.69) is 80.3 Å². The molecule has 0 aromatic heterocycles. The SMILES string of the molecule is CC[C@@H](C)CC(=O)O[C@@H]1CC[C@]2(C)[C@H]3CC[C@]4(C)[C@@H]([C@@H](C)CCCC(C)C)CC[C@H]4[C@@H]3C[C@@H](Br)[C@@]2(Br)C1. The molecule has 0 bridgehead atoms. The molecule has 4 heteroatoms. The van der Waals surface area contributed by atoms with Crippen LogP contribution in [0, 0.1) is 52.3 Å². The first kappa shape index (κ1) is 30.4. The summed E-state index contributed by atoms with van der Waals surface area (Å²) in [5, 5.41) is 0. The summed E-state index contributed by atoms with van der Waals surface area (Å²) in [6.45, 7) is 16.9. The van der Waals surface area contributed by atoms with Gasteiger partial charge in [-0.3, -0.25) is 4.79 Å². The molecule has 0 radical (unpaired) electrons. The average molecular weight is 645 g/mol. The van der Waals surface area contributed by atoms with Gasteiger partial charge in [0.1, 0.15) is 6.10 Å². The molecule has 0 aromatic rings. The molecule has 0 aromatic carbocycles. The van der Waals surface area contributed by atoms with Crippen LogP contribution >= 0.6 is 31.9 Å². The molecule has 4 saturated carbocycles. The first-order valence-electron chi connectivity index (χ1n) is 15.9. The zero-order valence-corrected chi connectivity index (χ0v) is 28.1. The molecule has 0 spiro atoms. The van der Waals surface area contributed by atoms with Crippen LogP contribution in [0.4, 0.5) is 0 Å². The molecule has 0 saturated heterocycles. The van der Waals surface area contributed by atoms with Crippen LogP contribution in [-0.4, -0.2) is 21.2 Å². The Morgan fingerprint density at radius 3 is 2.41 bits per heavy atom. The molecule has 0 aliphatic heterocycles. The predicted molar refractivity (Wildman–Crippen MR) is 163 cm³/mol. The molecule has 11 atom stereocenters. The smallest absolute Gasteiger partial charge is 0.306 e. The number of hydrogen-bond acceptors (Lipinski definition) is 2. The second-order valence-corrected chi connectivity index (χ2v) is 17.5. The second-order valence-electron chi connectivity index (χ2n) is 15.0. The Labute approximate surface area is 245 Å². The van der Waals surface area contributed by atoms with Crippen molar-refractivity contribution in [3.05, 3.63) is 0 Å². The molecule has 0 unspecified atom stereocenters. The number of alkyl halides is 2. The summed E-state index contributed by atoms with van der Waals surface area (Å²) < 4.78 is 6.10. The molecule has 4 fully saturated rings. The van der Waals surface area contributed by atoms with Crippen molar-refractivity contribution in [2.45, 2.75) is 147 Å². The molecule has 4 aliphatic carbocycles. The normalized spacial score (nSPS) is 45.0. The van der Waals surface area contributed by atoms with Gasteiger partial charge in [-0.1, -0.05) is 106 Å². The van der Waals surface area contributed by atoms with Gasteiger partial charge in [0.05, 0.1) is 0 Å². The summed E-state index contributed by atoms with van der Waals surface area (Å²) in [6.07, 6.45) is 15.9. The van der Waals surface area contributed by atoms with E-state index in [0.29, 0.717) is 22.6 Å². The van der Waals surface area contributed by atoms with E-state index in [1.807, 2.05) is 0 Å². The van der Waals surface area contributed by atoms with Gasteiger partial charge in [-0.15, -0.1) is 0 Å². The number of carbonyl (C=O) groups is 1. The summed E-state index contributed by atoms with van der Waals surface area (Å²) >= 11 is 8.62. The molecule has 0 N–H and O–H groups in total. The zero-order chi connectivity index (χ0) is 27.2. The Balaban J connectivity index is 1.46. The van der Waals surface area contributed by atoms with E-state index in [-0.39, 0.29) is 21.8 Å². The van der Waals surface area contributed by atoms with Crippen LogP contribution in [-0.2, 0) is 9.53 Å². The summed E-state index contributed by atoms with van der Waals surface area (Å²) in [5.74, 6) is 5.50. The Kier molecular flexibility index (Phi) is 9.64. The van der Waals surface area contributed by atoms with Gasteiger partial charge in [-0.2, -0.15) is 0 Å². The number of halogens is 2. The van der Waals surface area contributed by atoms with Crippen LogP contribution in [0.2, 0.25) is 0 Å². The van der Waals surface area contributed by atoms with E-state index in [1.54, 1.807) is 0 Å². The monoisotopic (exact) mass is 642 g/mol. The lowest BCUT2D eigenvalue weighted by Gasteiger charge is -2.66. The molecule has 37 heavy (non-hydrogen) atoms. The van der Waals surface area contributed by atoms with Gasteiger partial charge in [0, 0.05) is 22.0 Å². The van der Waals surface area contributed by atoms with E-state index < -0.39 is 0 Å².